The number of amides is 2. The highest BCUT2D eigenvalue weighted by atomic mass is 16.2. The molecule has 116 valence electrons. The first kappa shape index (κ1) is 14.6. The number of hydrogen-bond acceptors (Lipinski definition) is 3. The number of nitrogens with one attached hydrogen (secondary N) is 1. The average molecular weight is 299 g/mol. The van der Waals surface area contributed by atoms with Crippen LogP contribution in [0.2, 0.25) is 0 Å². The lowest BCUT2D eigenvalue weighted by molar-refractivity contribution is 0.206. The van der Waals surface area contributed by atoms with Crippen LogP contribution in [0.1, 0.15) is 29.3 Å². The minimum absolute atomic E-state index is 0.0189. The summed E-state index contributed by atoms with van der Waals surface area (Å²) in [6.07, 6.45) is 6.59. The quantitative estimate of drug-likeness (QED) is 0.943. The molecule has 6 heteroatoms. The Hall–Kier alpha value is -2.37. The minimum atomic E-state index is -0.0189. The van der Waals surface area contributed by atoms with Gasteiger partial charge in [0.05, 0.1) is 12.2 Å². The smallest absolute Gasteiger partial charge is 0.317 e. The number of rotatable bonds is 3. The maximum Gasteiger partial charge on any atom is 0.317 e. The number of nitrogens with zero attached hydrogens (tertiary/aromatic N) is 4. The molecule has 0 spiro atoms. The highest BCUT2D eigenvalue weighted by Gasteiger charge is 2.27. The summed E-state index contributed by atoms with van der Waals surface area (Å²) in [5.74, 6) is 0. The Morgan fingerprint density at radius 1 is 1.45 bits per heavy atom. The van der Waals surface area contributed by atoms with Crippen LogP contribution in [0.4, 0.5) is 4.79 Å². The van der Waals surface area contributed by atoms with Crippen LogP contribution in [0, 0.1) is 13.8 Å². The van der Waals surface area contributed by atoms with Crippen molar-refractivity contribution < 1.29 is 4.79 Å². The number of carbonyl (C=O) groups is 1. The second kappa shape index (κ2) is 6.17. The molecule has 0 aliphatic carbocycles. The zero-order chi connectivity index (χ0) is 15.5. The molecule has 0 saturated carbocycles. The summed E-state index contributed by atoms with van der Waals surface area (Å²) >= 11 is 0. The second-order valence-corrected chi connectivity index (χ2v) is 5.79. The molecule has 1 N–H and O–H groups in total. The molecule has 3 rings (SSSR count). The molecule has 0 aromatic carbocycles. The van der Waals surface area contributed by atoms with Gasteiger partial charge in [-0.2, -0.15) is 5.10 Å². The van der Waals surface area contributed by atoms with E-state index < -0.39 is 0 Å². The SMILES string of the molecule is Cc1cnn(C2CCN(C(=O)NCc3cccnc3C)C2)c1. The predicted molar refractivity (Wildman–Crippen MR) is 83.4 cm³/mol. The van der Waals surface area contributed by atoms with Gasteiger partial charge in [0.15, 0.2) is 0 Å². The van der Waals surface area contributed by atoms with E-state index in [9.17, 15) is 4.79 Å². The van der Waals surface area contributed by atoms with E-state index in [1.165, 1.54) is 0 Å². The lowest BCUT2D eigenvalue weighted by Gasteiger charge is -2.18. The van der Waals surface area contributed by atoms with Gasteiger partial charge in [-0.25, -0.2) is 4.79 Å². The Morgan fingerprint density at radius 3 is 3.05 bits per heavy atom. The largest absolute Gasteiger partial charge is 0.334 e. The van der Waals surface area contributed by atoms with E-state index in [1.54, 1.807) is 6.20 Å². The third-order valence-electron chi connectivity index (χ3n) is 4.10. The molecular formula is C16H21N5O. The van der Waals surface area contributed by atoms with E-state index in [-0.39, 0.29) is 12.1 Å². The maximum atomic E-state index is 12.3. The van der Waals surface area contributed by atoms with Gasteiger partial charge in [0, 0.05) is 37.7 Å². The maximum absolute atomic E-state index is 12.3. The monoisotopic (exact) mass is 299 g/mol. The van der Waals surface area contributed by atoms with Gasteiger partial charge >= 0.3 is 6.03 Å². The van der Waals surface area contributed by atoms with Crippen molar-refractivity contribution >= 4 is 6.03 Å². The Balaban J connectivity index is 1.54. The Kier molecular flexibility index (Phi) is 4.09. The third-order valence-corrected chi connectivity index (χ3v) is 4.10. The van der Waals surface area contributed by atoms with Gasteiger partial charge in [0.2, 0.25) is 0 Å². The predicted octanol–water partition coefficient (Wildman–Crippen LogP) is 2.05. The summed E-state index contributed by atoms with van der Waals surface area (Å²) in [6, 6.07) is 4.14. The average Bonchev–Trinajstić information content (AvgIpc) is 3.15. The highest BCUT2D eigenvalue weighted by molar-refractivity contribution is 5.74. The van der Waals surface area contributed by atoms with E-state index in [2.05, 4.69) is 15.4 Å². The summed E-state index contributed by atoms with van der Waals surface area (Å²) in [5, 5.41) is 7.32. The second-order valence-electron chi connectivity index (χ2n) is 5.79. The molecule has 0 radical (unpaired) electrons. The van der Waals surface area contributed by atoms with E-state index in [0.717, 1.165) is 29.8 Å². The molecule has 6 nitrogen and oxygen atoms in total. The summed E-state index contributed by atoms with van der Waals surface area (Å²) in [4.78, 5) is 18.4. The molecule has 1 aliphatic rings. The minimum Gasteiger partial charge on any atom is -0.334 e. The molecule has 1 fully saturated rings. The number of carbonyl (C=O) groups excluding carboxylic acids is 1. The van der Waals surface area contributed by atoms with Crippen molar-refractivity contribution in [1.82, 2.24) is 25.0 Å². The van der Waals surface area contributed by atoms with Crippen LogP contribution >= 0.6 is 0 Å². The van der Waals surface area contributed by atoms with Gasteiger partial charge in [-0.3, -0.25) is 9.67 Å². The van der Waals surface area contributed by atoms with Crippen LogP contribution in [0.5, 0.6) is 0 Å². The van der Waals surface area contributed by atoms with E-state index in [1.807, 2.05) is 48.0 Å². The van der Waals surface area contributed by atoms with E-state index in [4.69, 9.17) is 0 Å². The lowest BCUT2D eigenvalue weighted by Crippen LogP contribution is -2.38. The Labute approximate surface area is 130 Å². The summed E-state index contributed by atoms with van der Waals surface area (Å²) in [6.45, 7) is 5.97. The molecule has 3 heterocycles. The molecule has 1 atom stereocenters. The molecular weight excluding hydrogens is 278 g/mol. The van der Waals surface area contributed by atoms with E-state index in [0.29, 0.717) is 13.1 Å². The Bertz CT molecular complexity index is 666. The van der Waals surface area contributed by atoms with Crippen LogP contribution in [-0.4, -0.2) is 38.8 Å². The van der Waals surface area contributed by atoms with Crippen molar-refractivity contribution in [1.29, 1.82) is 0 Å². The molecule has 1 aliphatic heterocycles. The van der Waals surface area contributed by atoms with Crippen LogP contribution in [-0.2, 0) is 6.54 Å². The van der Waals surface area contributed by atoms with Gasteiger partial charge in [-0.1, -0.05) is 6.07 Å². The van der Waals surface area contributed by atoms with Gasteiger partial charge in [0.1, 0.15) is 0 Å². The molecule has 1 unspecified atom stereocenters. The van der Waals surface area contributed by atoms with Crippen molar-refractivity contribution in [3.8, 4) is 0 Å². The number of hydrogen-bond donors (Lipinski definition) is 1. The zero-order valence-corrected chi connectivity index (χ0v) is 13.0. The molecule has 2 amide bonds. The van der Waals surface area contributed by atoms with Crippen LogP contribution in [0.15, 0.2) is 30.7 Å². The van der Waals surface area contributed by atoms with Crippen molar-refractivity contribution in [3.05, 3.63) is 47.5 Å². The van der Waals surface area contributed by atoms with Gasteiger partial charge in [-0.15, -0.1) is 0 Å². The first-order valence-corrected chi connectivity index (χ1v) is 7.57. The fourth-order valence-electron chi connectivity index (χ4n) is 2.76. The van der Waals surface area contributed by atoms with Crippen molar-refractivity contribution in [3.63, 3.8) is 0 Å². The number of pyridine rings is 1. The number of aromatic nitrogens is 3. The van der Waals surface area contributed by atoms with Gasteiger partial charge in [0.25, 0.3) is 0 Å². The first-order valence-electron chi connectivity index (χ1n) is 7.57. The fraction of sp³-hybridized carbons (Fsp3) is 0.438. The lowest BCUT2D eigenvalue weighted by atomic mass is 10.2. The zero-order valence-electron chi connectivity index (χ0n) is 13.0. The van der Waals surface area contributed by atoms with Crippen molar-refractivity contribution in [2.75, 3.05) is 13.1 Å². The summed E-state index contributed by atoms with van der Waals surface area (Å²) in [7, 11) is 0. The first-order chi connectivity index (χ1) is 10.6. The van der Waals surface area contributed by atoms with Gasteiger partial charge < -0.3 is 10.2 Å². The van der Waals surface area contributed by atoms with Crippen LogP contribution in [0.25, 0.3) is 0 Å². The molecule has 2 aromatic heterocycles. The van der Waals surface area contributed by atoms with Crippen LogP contribution < -0.4 is 5.32 Å². The number of aryl methyl sites for hydroxylation is 2. The van der Waals surface area contributed by atoms with Crippen molar-refractivity contribution in [2.45, 2.75) is 32.9 Å². The van der Waals surface area contributed by atoms with E-state index >= 15 is 0 Å². The Morgan fingerprint density at radius 2 is 2.32 bits per heavy atom. The van der Waals surface area contributed by atoms with Crippen molar-refractivity contribution in [2.24, 2.45) is 0 Å². The van der Waals surface area contributed by atoms with Gasteiger partial charge in [-0.05, 0) is 37.5 Å². The molecule has 2 aromatic rings. The molecule has 0 bridgehead atoms. The number of likely N-dealkylation sites (tertiary alicyclic amines) is 1. The highest BCUT2D eigenvalue weighted by Crippen LogP contribution is 2.21. The fourth-order valence-corrected chi connectivity index (χ4v) is 2.76. The third kappa shape index (κ3) is 3.10. The standard InChI is InChI=1S/C16H21N5O/c1-12-8-19-21(10-12)15-5-7-20(11-15)16(22)18-9-14-4-3-6-17-13(14)2/h3-4,6,8,10,15H,5,7,9,11H2,1-2H3,(H,18,22). The summed E-state index contributed by atoms with van der Waals surface area (Å²) in [5.41, 5.74) is 3.15. The normalized spacial score (nSPS) is 17.7. The molecule has 22 heavy (non-hydrogen) atoms. The number of urea groups is 1. The molecule has 1 saturated heterocycles. The topological polar surface area (TPSA) is 63.1 Å². The van der Waals surface area contributed by atoms with Crippen LogP contribution in [0.3, 0.4) is 0 Å². The summed E-state index contributed by atoms with van der Waals surface area (Å²) < 4.78 is 1.97.